The summed E-state index contributed by atoms with van der Waals surface area (Å²) in [5.41, 5.74) is 5.96. The Bertz CT molecular complexity index is 193. The number of rotatable bonds is 5. The van der Waals surface area contributed by atoms with Gasteiger partial charge in [-0.15, -0.1) is 0 Å². The maximum Gasteiger partial charge on any atom is 0.0804 e. The summed E-state index contributed by atoms with van der Waals surface area (Å²) in [7, 11) is 0. The van der Waals surface area contributed by atoms with E-state index in [1.54, 1.807) is 0 Å². The van der Waals surface area contributed by atoms with Crippen molar-refractivity contribution < 1.29 is 4.74 Å². The van der Waals surface area contributed by atoms with E-state index in [-0.39, 0.29) is 5.60 Å². The monoisotopic (exact) mass is 211 g/mol. The molecule has 0 aromatic carbocycles. The van der Waals surface area contributed by atoms with Crippen molar-refractivity contribution >= 4 is 0 Å². The molecule has 2 aliphatic carbocycles. The highest BCUT2D eigenvalue weighted by Gasteiger charge is 2.36. The molecular weight excluding hydrogens is 186 g/mol. The Kier molecular flexibility index (Phi) is 3.68. The molecule has 0 atom stereocenters. The van der Waals surface area contributed by atoms with Crippen LogP contribution in [0.2, 0.25) is 0 Å². The van der Waals surface area contributed by atoms with Crippen molar-refractivity contribution in [2.75, 3.05) is 13.2 Å². The highest BCUT2D eigenvalue weighted by Crippen LogP contribution is 2.38. The van der Waals surface area contributed by atoms with Crippen molar-refractivity contribution in [1.82, 2.24) is 0 Å². The zero-order chi connectivity index (χ0) is 10.7. The number of hydrogen-bond donors (Lipinski definition) is 1. The summed E-state index contributed by atoms with van der Waals surface area (Å²) in [6, 6.07) is 0. The van der Waals surface area contributed by atoms with Gasteiger partial charge < -0.3 is 10.5 Å². The molecule has 0 spiro atoms. The summed E-state index contributed by atoms with van der Waals surface area (Å²) in [4.78, 5) is 0. The molecule has 0 amide bonds. The summed E-state index contributed by atoms with van der Waals surface area (Å²) >= 11 is 0. The topological polar surface area (TPSA) is 35.2 Å². The number of nitrogens with two attached hydrogens (primary N) is 1. The Morgan fingerprint density at radius 2 is 1.80 bits per heavy atom. The first-order chi connectivity index (χ1) is 7.28. The Balaban J connectivity index is 1.79. The lowest BCUT2D eigenvalue weighted by atomic mass is 9.77. The molecule has 2 nitrogen and oxygen atoms in total. The third-order valence-corrected chi connectivity index (χ3v) is 4.29. The largest absolute Gasteiger partial charge is 0.373 e. The summed E-state index contributed by atoms with van der Waals surface area (Å²) < 4.78 is 6.11. The molecule has 0 bridgehead atoms. The van der Waals surface area contributed by atoms with Crippen molar-refractivity contribution in [3.8, 4) is 0 Å². The van der Waals surface area contributed by atoms with Gasteiger partial charge >= 0.3 is 0 Å². The van der Waals surface area contributed by atoms with Gasteiger partial charge in [0.15, 0.2) is 0 Å². The number of ether oxygens (including phenoxy) is 1. The maximum atomic E-state index is 6.11. The van der Waals surface area contributed by atoms with E-state index in [4.69, 9.17) is 10.5 Å². The van der Waals surface area contributed by atoms with Crippen molar-refractivity contribution in [3.05, 3.63) is 0 Å². The van der Waals surface area contributed by atoms with Gasteiger partial charge in [-0.1, -0.05) is 13.3 Å². The van der Waals surface area contributed by atoms with Crippen LogP contribution in [0.5, 0.6) is 0 Å². The van der Waals surface area contributed by atoms with Crippen molar-refractivity contribution in [2.24, 2.45) is 17.6 Å². The minimum Gasteiger partial charge on any atom is -0.373 e. The molecule has 2 saturated carbocycles. The molecule has 0 aromatic rings. The zero-order valence-electron chi connectivity index (χ0n) is 10.0. The highest BCUT2D eigenvalue weighted by atomic mass is 16.5. The van der Waals surface area contributed by atoms with E-state index in [2.05, 4.69) is 6.92 Å². The first-order valence-electron chi connectivity index (χ1n) is 6.62. The quantitative estimate of drug-likeness (QED) is 0.759. The van der Waals surface area contributed by atoms with E-state index in [1.807, 2.05) is 0 Å². The average Bonchev–Trinajstić information content (AvgIpc) is 3.11. The van der Waals surface area contributed by atoms with E-state index in [1.165, 1.54) is 44.9 Å². The summed E-state index contributed by atoms with van der Waals surface area (Å²) in [5.74, 6) is 1.78. The minimum atomic E-state index is 0.0499. The predicted octanol–water partition coefficient (Wildman–Crippen LogP) is 2.71. The third-order valence-electron chi connectivity index (χ3n) is 4.29. The number of hydrogen-bond acceptors (Lipinski definition) is 2. The molecule has 0 aliphatic heterocycles. The van der Waals surface area contributed by atoms with Gasteiger partial charge in [-0.2, -0.15) is 0 Å². The fourth-order valence-corrected chi connectivity index (χ4v) is 2.60. The molecule has 0 heterocycles. The van der Waals surface area contributed by atoms with Crippen LogP contribution in [0, 0.1) is 11.8 Å². The summed E-state index contributed by atoms with van der Waals surface area (Å²) in [6.45, 7) is 3.98. The minimum absolute atomic E-state index is 0.0499. The molecule has 0 unspecified atom stereocenters. The molecular formula is C13H25NO. The molecule has 2 aliphatic rings. The van der Waals surface area contributed by atoms with Gasteiger partial charge in [-0.25, -0.2) is 0 Å². The Hall–Kier alpha value is -0.0800. The van der Waals surface area contributed by atoms with Gasteiger partial charge in [-0.05, 0) is 50.4 Å². The molecule has 0 radical (unpaired) electrons. The van der Waals surface area contributed by atoms with Gasteiger partial charge in [0, 0.05) is 6.54 Å². The second-order valence-electron chi connectivity index (χ2n) is 5.49. The average molecular weight is 211 g/mol. The molecule has 0 aromatic heterocycles. The molecule has 15 heavy (non-hydrogen) atoms. The predicted molar refractivity (Wildman–Crippen MR) is 62.7 cm³/mol. The molecule has 0 saturated heterocycles. The van der Waals surface area contributed by atoms with Crippen LogP contribution in [0.3, 0.4) is 0 Å². The normalized spacial score (nSPS) is 36.8. The van der Waals surface area contributed by atoms with E-state index in [0.29, 0.717) is 0 Å². The van der Waals surface area contributed by atoms with Crippen LogP contribution in [0.15, 0.2) is 0 Å². The third kappa shape index (κ3) is 2.94. The van der Waals surface area contributed by atoms with Crippen LogP contribution in [0.1, 0.15) is 51.9 Å². The first kappa shape index (κ1) is 11.4. The van der Waals surface area contributed by atoms with Crippen molar-refractivity contribution in [1.29, 1.82) is 0 Å². The van der Waals surface area contributed by atoms with Crippen LogP contribution in [-0.4, -0.2) is 18.8 Å². The standard InChI is InChI=1S/C13H25NO/c1-2-11-5-7-13(10-14,8-6-11)15-9-12-3-4-12/h11-12H,2-10,14H2,1H3. The fourth-order valence-electron chi connectivity index (χ4n) is 2.60. The summed E-state index contributed by atoms with van der Waals surface area (Å²) in [6.07, 6.45) is 9.08. The fraction of sp³-hybridized carbons (Fsp3) is 1.00. The second kappa shape index (κ2) is 4.84. The lowest BCUT2D eigenvalue weighted by molar-refractivity contribution is -0.0756. The summed E-state index contributed by atoms with van der Waals surface area (Å²) in [5, 5.41) is 0. The van der Waals surface area contributed by atoms with E-state index in [9.17, 15) is 0 Å². The van der Waals surface area contributed by atoms with Gasteiger partial charge in [0.1, 0.15) is 0 Å². The molecule has 2 rings (SSSR count). The smallest absolute Gasteiger partial charge is 0.0804 e. The van der Waals surface area contributed by atoms with Gasteiger partial charge in [0.2, 0.25) is 0 Å². The van der Waals surface area contributed by atoms with E-state index < -0.39 is 0 Å². The van der Waals surface area contributed by atoms with Gasteiger partial charge in [0.25, 0.3) is 0 Å². The maximum absolute atomic E-state index is 6.11. The molecule has 88 valence electrons. The highest BCUT2D eigenvalue weighted by molar-refractivity contribution is 4.89. The van der Waals surface area contributed by atoms with Crippen LogP contribution in [-0.2, 0) is 4.74 Å². The Morgan fingerprint density at radius 3 is 2.27 bits per heavy atom. The Morgan fingerprint density at radius 1 is 1.13 bits per heavy atom. The first-order valence-corrected chi connectivity index (χ1v) is 6.62. The van der Waals surface area contributed by atoms with Crippen molar-refractivity contribution in [3.63, 3.8) is 0 Å². The van der Waals surface area contributed by atoms with E-state index >= 15 is 0 Å². The lowest BCUT2D eigenvalue weighted by Crippen LogP contribution is -2.44. The van der Waals surface area contributed by atoms with Crippen molar-refractivity contribution in [2.45, 2.75) is 57.5 Å². The van der Waals surface area contributed by atoms with Crippen LogP contribution in [0.25, 0.3) is 0 Å². The Labute approximate surface area is 93.6 Å². The second-order valence-corrected chi connectivity index (χ2v) is 5.49. The SMILES string of the molecule is CCC1CCC(CN)(OCC2CC2)CC1. The van der Waals surface area contributed by atoms with E-state index in [0.717, 1.165) is 25.0 Å². The molecule has 2 heteroatoms. The zero-order valence-corrected chi connectivity index (χ0v) is 10.0. The van der Waals surface area contributed by atoms with Crippen LogP contribution < -0.4 is 5.73 Å². The van der Waals surface area contributed by atoms with Gasteiger partial charge in [0.05, 0.1) is 12.2 Å². The van der Waals surface area contributed by atoms with Gasteiger partial charge in [-0.3, -0.25) is 0 Å². The van der Waals surface area contributed by atoms with Crippen LogP contribution >= 0.6 is 0 Å². The lowest BCUT2D eigenvalue weighted by Gasteiger charge is -2.39. The molecule has 2 N–H and O–H groups in total. The van der Waals surface area contributed by atoms with Crippen LogP contribution in [0.4, 0.5) is 0 Å². The molecule has 2 fully saturated rings.